The number of para-hydroxylation sites is 8. The molecule has 5 aromatic carbocycles. The van der Waals surface area contributed by atoms with Crippen molar-refractivity contribution in [3.63, 3.8) is 0 Å². The summed E-state index contributed by atoms with van der Waals surface area (Å²) in [6, 6.07) is 39.2. The van der Waals surface area contributed by atoms with E-state index in [9.17, 15) is 49.5 Å². The van der Waals surface area contributed by atoms with Crippen molar-refractivity contribution in [3.8, 4) is 0 Å². The van der Waals surface area contributed by atoms with Crippen molar-refractivity contribution in [3.05, 3.63) is 150 Å². The molecule has 4 aromatic heterocycles. The minimum absolute atomic E-state index is 0. The van der Waals surface area contributed by atoms with Crippen LogP contribution in [0.3, 0.4) is 0 Å². The number of benzene rings is 5. The Bertz CT molecular complexity index is 2900. The molecule has 0 fully saturated rings. The Balaban J connectivity index is 0.000000480. The molecule has 0 atom stereocenters. The summed E-state index contributed by atoms with van der Waals surface area (Å²) in [5, 5.41) is 24.8. The number of aromatic carboxylic acids is 1. The summed E-state index contributed by atoms with van der Waals surface area (Å²) in [6.07, 6.45) is -0.928. The van der Waals surface area contributed by atoms with E-state index < -0.39 is 26.6 Å². The Kier molecular flexibility index (Phi) is 23.6. The van der Waals surface area contributed by atoms with Crippen LogP contribution in [0, 0.1) is 0 Å². The molecule has 4 heterocycles. The number of halogens is 8. The van der Waals surface area contributed by atoms with Crippen molar-refractivity contribution in [2.45, 2.75) is 91.1 Å². The SMILES string of the molecule is CCn1c(CN(Cc2nc3ccccc3n2CC)CC([O-])CN(Cc2nc3ccccc3n2CC)Cc2nc3ccccc3n2CC)nc2ccccc21.F[B-](F)(F)F.F[B-](F)(F)F.O=C([O-])c1ccc(S)cc1.[Fe+2].[Fe+3]. The number of carboxylic acids is 1. The van der Waals surface area contributed by atoms with Gasteiger partial charge in [0.15, 0.2) is 0 Å². The van der Waals surface area contributed by atoms with Crippen molar-refractivity contribution < 1.29 is 83.7 Å². The summed E-state index contributed by atoms with van der Waals surface area (Å²) in [6.45, 7) is 14.6. The number of fused-ring (bicyclic) bond motifs is 4. The summed E-state index contributed by atoms with van der Waals surface area (Å²) in [7, 11) is -12.0. The van der Waals surface area contributed by atoms with E-state index in [1.54, 1.807) is 12.1 Å². The number of hydrogen-bond donors (Lipinski definition) is 1. The molecule has 0 aliphatic rings. The first-order valence-corrected chi connectivity index (χ1v) is 24.2. The minimum atomic E-state index is -6.00. The van der Waals surface area contributed by atoms with Gasteiger partial charge in [0.2, 0.25) is 0 Å². The van der Waals surface area contributed by atoms with Crippen molar-refractivity contribution in [2.24, 2.45) is 0 Å². The van der Waals surface area contributed by atoms with Gasteiger partial charge in [0.05, 0.1) is 76.3 Å². The number of rotatable bonds is 17. The molecule has 0 bridgehead atoms. The van der Waals surface area contributed by atoms with E-state index >= 15 is 0 Å². The van der Waals surface area contributed by atoms with Gasteiger partial charge in [-0.15, -0.1) is 18.7 Å². The fraction of sp³-hybridized carbons (Fsp3) is 0.300. The topological polar surface area (TPSA) is 141 Å². The summed E-state index contributed by atoms with van der Waals surface area (Å²) >= 11 is 3.99. The summed E-state index contributed by atoms with van der Waals surface area (Å²) in [5.41, 5.74) is 8.50. The van der Waals surface area contributed by atoms with Gasteiger partial charge in [-0.25, -0.2) is 19.9 Å². The van der Waals surface area contributed by atoms with Crippen molar-refractivity contribution in [1.29, 1.82) is 0 Å². The molecule has 9 aromatic rings. The first-order chi connectivity index (χ1) is 35.2. The van der Waals surface area contributed by atoms with Gasteiger partial charge in [-0.3, -0.25) is 9.80 Å². The molecule has 0 unspecified atom stereocenters. The van der Waals surface area contributed by atoms with Crippen LogP contribution in [0.25, 0.3) is 44.1 Å². The third-order valence-electron chi connectivity index (χ3n) is 11.7. The second kappa shape index (κ2) is 28.6. The Morgan fingerprint density at radius 3 is 0.961 bits per heavy atom. The quantitative estimate of drug-likeness (QED) is 0.0537. The van der Waals surface area contributed by atoms with Gasteiger partial charge in [-0.2, -0.15) is 0 Å². The fourth-order valence-electron chi connectivity index (χ4n) is 8.80. The summed E-state index contributed by atoms with van der Waals surface area (Å²) in [4.78, 5) is 35.7. The standard InChI is InChI=1S/C43H49N10O.C7H6O2S.2BF4.2Fe/c1-5-50-36-21-13-9-17-32(36)44-40(50)27-48(28-41-45-33-18-10-14-22-37(33)51(41)6-2)25-31(54)26-49(29-42-46-34-19-11-15-23-38(34)52(42)7-3)30-43-47-35-20-12-16-24-39(35)53(43)8-4;8-7(9)5-1-3-6(10)4-2-5;2*2-1(3,4)5;;/h9-24,31H,5-8,25-30H2,1-4H3;1-4,10H,(H,8,9);;;;/q-1;;2*-1;+2;+3/p-1. The van der Waals surface area contributed by atoms with E-state index in [4.69, 9.17) is 19.9 Å². The van der Waals surface area contributed by atoms with Crippen LogP contribution in [0.15, 0.2) is 126 Å². The number of aryl methyl sites for hydroxylation is 4. The van der Waals surface area contributed by atoms with Crippen LogP contribution in [-0.4, -0.2) is 87.7 Å². The number of nitrogens with zero attached hydrogens (tertiary/aromatic N) is 10. The van der Waals surface area contributed by atoms with E-state index in [1.165, 1.54) is 12.1 Å². The van der Waals surface area contributed by atoms with Crippen molar-refractivity contribution in [1.82, 2.24) is 48.0 Å². The molecule has 13 nitrogen and oxygen atoms in total. The van der Waals surface area contributed by atoms with Crippen LogP contribution in [0.1, 0.15) is 61.4 Å². The van der Waals surface area contributed by atoms with Gasteiger partial charge in [0.25, 0.3) is 0 Å². The number of carbonyl (C=O) groups excluding carboxylic acids is 1. The van der Waals surface area contributed by atoms with Crippen molar-refractivity contribution in [2.75, 3.05) is 13.1 Å². The molecule has 76 heavy (non-hydrogen) atoms. The van der Waals surface area contributed by atoms with Crippen LogP contribution >= 0.6 is 12.6 Å². The number of carboxylic acid groups (broad SMARTS) is 1. The molecule has 26 heteroatoms. The van der Waals surface area contributed by atoms with Crippen molar-refractivity contribution >= 4 is 77.2 Å². The van der Waals surface area contributed by atoms with Crippen LogP contribution < -0.4 is 10.2 Å². The number of imidazole rings is 4. The van der Waals surface area contributed by atoms with Gasteiger partial charge in [0.1, 0.15) is 23.3 Å². The number of carbonyl (C=O) groups is 1. The van der Waals surface area contributed by atoms with Gasteiger partial charge >= 0.3 is 48.6 Å². The smallest absolute Gasteiger partial charge is 0.850 e. The molecule has 1 radical (unpaired) electrons. The Morgan fingerprint density at radius 2 is 0.737 bits per heavy atom. The Morgan fingerprint density at radius 1 is 0.500 bits per heavy atom. The molecular formula is C50H54B2F8Fe2N10O3S+. The third-order valence-corrected chi connectivity index (χ3v) is 12.0. The van der Waals surface area contributed by atoms with Crippen LogP contribution in [-0.2, 0) is 86.5 Å². The molecule has 0 amide bonds. The first kappa shape index (κ1) is 62.8. The molecule has 0 aliphatic carbocycles. The first-order valence-electron chi connectivity index (χ1n) is 23.8. The van der Waals surface area contributed by atoms with Gasteiger partial charge in [-0.05, 0) is 107 Å². The minimum Gasteiger partial charge on any atom is -0.850 e. The Labute approximate surface area is 460 Å². The molecule has 405 valence electrons. The van der Waals surface area contributed by atoms with E-state index in [2.05, 4.69) is 141 Å². The maximum absolute atomic E-state index is 14.6. The zero-order valence-corrected chi connectivity index (χ0v) is 44.8. The van der Waals surface area contributed by atoms with Crippen LogP contribution in [0.5, 0.6) is 0 Å². The molecule has 0 saturated carbocycles. The maximum Gasteiger partial charge on any atom is 3.00 e. The van der Waals surface area contributed by atoms with Gasteiger partial charge in [0, 0.05) is 31.1 Å². The van der Waals surface area contributed by atoms with E-state index in [-0.39, 0.29) is 39.7 Å². The van der Waals surface area contributed by atoms with Gasteiger partial charge in [-0.1, -0.05) is 60.7 Å². The average molecular weight is 1160 g/mol. The van der Waals surface area contributed by atoms with E-state index in [0.717, 1.165) is 98.5 Å². The summed E-state index contributed by atoms with van der Waals surface area (Å²) in [5.74, 6) is 2.66. The normalized spacial score (nSPS) is 11.5. The number of aromatic nitrogens is 8. The van der Waals surface area contributed by atoms with E-state index in [1.807, 2.05) is 24.3 Å². The predicted molar refractivity (Wildman–Crippen MR) is 272 cm³/mol. The number of hydrogen-bond acceptors (Lipinski definition) is 10. The third kappa shape index (κ3) is 17.7. The zero-order valence-electron chi connectivity index (χ0n) is 41.7. The molecule has 0 saturated heterocycles. The average Bonchev–Trinajstić information content (AvgIpc) is 4.09. The molecular weight excluding hydrogens is 1110 g/mol. The van der Waals surface area contributed by atoms with Crippen LogP contribution in [0.4, 0.5) is 34.5 Å². The van der Waals surface area contributed by atoms with E-state index in [0.29, 0.717) is 39.3 Å². The fourth-order valence-corrected chi connectivity index (χ4v) is 8.95. The molecule has 0 aliphatic heterocycles. The predicted octanol–water partition coefficient (Wildman–Crippen LogP) is 9.53. The maximum atomic E-state index is 14.6. The summed E-state index contributed by atoms with van der Waals surface area (Å²) < 4.78 is 87.1. The second-order valence-electron chi connectivity index (χ2n) is 16.8. The van der Waals surface area contributed by atoms with Crippen LogP contribution in [0.2, 0.25) is 0 Å². The Hall–Kier alpha value is -5.71. The zero-order chi connectivity index (χ0) is 53.7. The molecule has 0 N–H and O–H groups in total. The largest absolute Gasteiger partial charge is 3.00 e. The molecule has 0 spiro atoms. The molecule has 9 rings (SSSR count). The van der Waals surface area contributed by atoms with Gasteiger partial charge < -0.3 is 67.8 Å². The monoisotopic (exact) mass is 1160 g/mol. The number of thiol groups is 1. The second-order valence-corrected chi connectivity index (χ2v) is 17.3.